The molecule has 0 bridgehead atoms. The minimum Gasteiger partial charge on any atom is -0.479 e. The highest BCUT2D eigenvalue weighted by atomic mass is 16.5. The van der Waals surface area contributed by atoms with Gasteiger partial charge in [0.05, 0.1) is 18.6 Å². The summed E-state index contributed by atoms with van der Waals surface area (Å²) in [6, 6.07) is 16.1. The van der Waals surface area contributed by atoms with Gasteiger partial charge in [0, 0.05) is 19.1 Å². The number of carbonyl (C=O) groups is 3. The van der Waals surface area contributed by atoms with E-state index in [1.165, 1.54) is 0 Å². The number of aliphatic carboxylic acids is 1. The van der Waals surface area contributed by atoms with E-state index in [0.29, 0.717) is 19.4 Å². The predicted octanol–water partition coefficient (Wildman–Crippen LogP) is 2.27. The van der Waals surface area contributed by atoms with E-state index in [0.717, 1.165) is 29.2 Å². The van der Waals surface area contributed by atoms with Crippen LogP contribution in [0.15, 0.2) is 48.5 Å². The monoisotopic (exact) mass is 482 g/mol. The number of alkyl carbamates (subject to hydrolysis) is 1. The molecule has 2 unspecified atom stereocenters. The van der Waals surface area contributed by atoms with Crippen LogP contribution < -0.4 is 10.6 Å². The molecule has 0 spiro atoms. The molecule has 1 aliphatic carbocycles. The maximum atomic E-state index is 13.0. The molecule has 2 aliphatic rings. The van der Waals surface area contributed by atoms with Crippen LogP contribution in [-0.2, 0) is 19.1 Å². The smallest absolute Gasteiger partial charge is 0.407 e. The fourth-order valence-electron chi connectivity index (χ4n) is 4.66. The van der Waals surface area contributed by atoms with Crippen LogP contribution in [0.2, 0.25) is 0 Å². The Morgan fingerprint density at radius 3 is 2.29 bits per heavy atom. The van der Waals surface area contributed by atoms with Crippen LogP contribution in [0.1, 0.15) is 36.8 Å². The molecule has 2 aromatic carbocycles. The lowest BCUT2D eigenvalue weighted by Gasteiger charge is -2.36. The maximum Gasteiger partial charge on any atom is 0.407 e. The zero-order valence-corrected chi connectivity index (χ0v) is 19.6. The van der Waals surface area contributed by atoms with Crippen molar-refractivity contribution in [2.24, 2.45) is 5.41 Å². The molecule has 2 aromatic rings. The van der Waals surface area contributed by atoms with Crippen molar-refractivity contribution in [3.05, 3.63) is 59.7 Å². The van der Waals surface area contributed by atoms with Gasteiger partial charge in [0.2, 0.25) is 5.91 Å². The van der Waals surface area contributed by atoms with Gasteiger partial charge in [0.25, 0.3) is 0 Å². The van der Waals surface area contributed by atoms with Crippen molar-refractivity contribution < 1.29 is 34.1 Å². The van der Waals surface area contributed by atoms with Crippen molar-refractivity contribution in [2.45, 2.75) is 31.3 Å². The topological polar surface area (TPSA) is 134 Å². The number of carboxylic acid groups (broad SMARTS) is 1. The summed E-state index contributed by atoms with van der Waals surface area (Å²) in [6.07, 6.45) is 0.398. The average Bonchev–Trinajstić information content (AvgIpc) is 3.19. The number of hydrogen-bond acceptors (Lipinski definition) is 6. The first kappa shape index (κ1) is 24.7. The Morgan fingerprint density at radius 1 is 1.09 bits per heavy atom. The number of aliphatic hydroxyl groups is 1. The molecular weight excluding hydrogens is 452 g/mol. The van der Waals surface area contributed by atoms with E-state index in [1.807, 2.05) is 36.4 Å². The highest BCUT2D eigenvalue weighted by molar-refractivity contribution is 5.85. The first-order valence-electron chi connectivity index (χ1n) is 11.6. The molecule has 186 valence electrons. The van der Waals surface area contributed by atoms with Crippen molar-refractivity contribution in [1.82, 2.24) is 10.6 Å². The molecule has 0 radical (unpaired) electrons. The fourth-order valence-corrected chi connectivity index (χ4v) is 4.66. The van der Waals surface area contributed by atoms with Gasteiger partial charge in [-0.05, 0) is 42.0 Å². The molecule has 9 nitrogen and oxygen atoms in total. The molecule has 0 aromatic heterocycles. The molecule has 1 heterocycles. The molecule has 9 heteroatoms. The molecule has 1 aliphatic heterocycles. The van der Waals surface area contributed by atoms with E-state index in [9.17, 15) is 19.5 Å². The van der Waals surface area contributed by atoms with Crippen LogP contribution >= 0.6 is 0 Å². The number of rotatable bonds is 8. The summed E-state index contributed by atoms with van der Waals surface area (Å²) in [5, 5.41) is 24.2. The third-order valence-electron chi connectivity index (χ3n) is 6.77. The summed E-state index contributed by atoms with van der Waals surface area (Å²) >= 11 is 0. The lowest BCUT2D eigenvalue weighted by molar-refractivity contribution is -0.157. The molecule has 0 saturated carbocycles. The van der Waals surface area contributed by atoms with Crippen molar-refractivity contribution in [3.63, 3.8) is 0 Å². The number of benzene rings is 2. The van der Waals surface area contributed by atoms with E-state index < -0.39 is 35.5 Å². The SMILES string of the molecule is CC(O)(CNC(=O)C1(CNC(=O)OCC2c3ccccc3-c3ccccc32)CCCOC1)C(=O)O. The third-order valence-corrected chi connectivity index (χ3v) is 6.77. The molecule has 2 atom stereocenters. The summed E-state index contributed by atoms with van der Waals surface area (Å²) in [5.74, 6) is -2.01. The van der Waals surface area contributed by atoms with Crippen LogP contribution in [0.25, 0.3) is 11.1 Å². The lowest BCUT2D eigenvalue weighted by Crippen LogP contribution is -2.56. The Kier molecular flexibility index (Phi) is 7.09. The first-order chi connectivity index (χ1) is 16.7. The van der Waals surface area contributed by atoms with Crippen molar-refractivity contribution >= 4 is 18.0 Å². The van der Waals surface area contributed by atoms with E-state index >= 15 is 0 Å². The van der Waals surface area contributed by atoms with Crippen molar-refractivity contribution in [2.75, 3.05) is 32.9 Å². The molecule has 4 rings (SSSR count). The van der Waals surface area contributed by atoms with E-state index in [2.05, 4.69) is 22.8 Å². The van der Waals surface area contributed by atoms with Gasteiger partial charge in [0.1, 0.15) is 6.61 Å². The van der Waals surface area contributed by atoms with Gasteiger partial charge in [-0.3, -0.25) is 4.79 Å². The van der Waals surface area contributed by atoms with Crippen LogP contribution in [-0.4, -0.2) is 66.7 Å². The van der Waals surface area contributed by atoms with E-state index in [-0.39, 0.29) is 25.7 Å². The average molecular weight is 483 g/mol. The molecule has 1 fully saturated rings. The molecule has 35 heavy (non-hydrogen) atoms. The fraction of sp³-hybridized carbons (Fsp3) is 0.423. The van der Waals surface area contributed by atoms with Gasteiger partial charge >= 0.3 is 12.1 Å². The second-order valence-electron chi connectivity index (χ2n) is 9.38. The lowest BCUT2D eigenvalue weighted by atomic mass is 9.81. The van der Waals surface area contributed by atoms with E-state index in [4.69, 9.17) is 14.6 Å². The highest BCUT2D eigenvalue weighted by Crippen LogP contribution is 2.44. The Hall–Kier alpha value is -3.43. The number of amides is 2. The van der Waals surface area contributed by atoms with Crippen molar-refractivity contribution in [1.29, 1.82) is 0 Å². The minimum atomic E-state index is -2.10. The third kappa shape index (κ3) is 5.16. The van der Waals surface area contributed by atoms with Crippen molar-refractivity contribution in [3.8, 4) is 11.1 Å². The first-order valence-corrected chi connectivity index (χ1v) is 11.6. The van der Waals surface area contributed by atoms with Gasteiger partial charge in [-0.1, -0.05) is 48.5 Å². The molecule has 1 saturated heterocycles. The largest absolute Gasteiger partial charge is 0.479 e. The second kappa shape index (κ2) is 10.1. The number of nitrogens with one attached hydrogen (secondary N) is 2. The Bertz CT molecular complexity index is 1060. The summed E-state index contributed by atoms with van der Waals surface area (Å²) in [6.45, 7) is 1.31. The summed E-state index contributed by atoms with van der Waals surface area (Å²) in [4.78, 5) is 36.7. The normalized spacial score (nSPS) is 20.7. The number of carboxylic acids is 1. The van der Waals surface area contributed by atoms with Crippen LogP contribution in [0.4, 0.5) is 4.79 Å². The standard InChI is InChI=1S/C26H30N2O7/c1-25(33,23(30)31)14-27-22(29)26(11-6-12-34-16-26)15-28-24(32)35-13-21-19-9-4-2-7-17(19)18-8-3-5-10-20(18)21/h2-5,7-10,21,33H,6,11-16H2,1H3,(H,27,29)(H,28,32)(H,30,31). The summed E-state index contributed by atoms with van der Waals surface area (Å²) < 4.78 is 11.1. The Morgan fingerprint density at radius 2 is 1.71 bits per heavy atom. The molecule has 2 amide bonds. The zero-order valence-electron chi connectivity index (χ0n) is 19.6. The van der Waals surface area contributed by atoms with Gasteiger partial charge in [-0.2, -0.15) is 0 Å². The predicted molar refractivity (Wildman–Crippen MR) is 127 cm³/mol. The highest BCUT2D eigenvalue weighted by Gasteiger charge is 2.42. The number of ether oxygens (including phenoxy) is 2. The molecular formula is C26H30N2O7. The van der Waals surface area contributed by atoms with Crippen LogP contribution in [0, 0.1) is 5.41 Å². The number of hydrogen-bond donors (Lipinski definition) is 4. The number of fused-ring (bicyclic) bond motifs is 3. The van der Waals surface area contributed by atoms with Crippen LogP contribution in [0.5, 0.6) is 0 Å². The van der Waals surface area contributed by atoms with Gasteiger partial charge in [-0.15, -0.1) is 0 Å². The second-order valence-corrected chi connectivity index (χ2v) is 9.38. The van der Waals surface area contributed by atoms with Gasteiger partial charge < -0.3 is 30.3 Å². The summed E-state index contributed by atoms with van der Waals surface area (Å²) in [7, 11) is 0. The Labute approximate surface area is 203 Å². The zero-order chi connectivity index (χ0) is 25.1. The van der Waals surface area contributed by atoms with Gasteiger partial charge in [0.15, 0.2) is 5.60 Å². The minimum absolute atomic E-state index is 0.0370. The van der Waals surface area contributed by atoms with Crippen LogP contribution in [0.3, 0.4) is 0 Å². The van der Waals surface area contributed by atoms with E-state index in [1.54, 1.807) is 0 Å². The van der Waals surface area contributed by atoms with Gasteiger partial charge in [-0.25, -0.2) is 9.59 Å². The maximum absolute atomic E-state index is 13.0. The Balaban J connectivity index is 1.37. The summed E-state index contributed by atoms with van der Waals surface area (Å²) in [5.41, 5.74) is 1.27. The quantitative estimate of drug-likeness (QED) is 0.453. The molecule has 4 N–H and O–H groups in total. The number of carbonyl (C=O) groups excluding carboxylic acids is 2.